The summed E-state index contributed by atoms with van der Waals surface area (Å²) >= 11 is 0. The monoisotopic (exact) mass is 864 g/mol. The van der Waals surface area contributed by atoms with Gasteiger partial charge in [-0.3, -0.25) is 9.59 Å². The predicted molar refractivity (Wildman–Crippen MR) is 268 cm³/mol. The first kappa shape index (κ1) is 59.0. The molecular weight excluding hydrogens is 767 g/mol. The number of aliphatic hydroxyl groups excluding tert-OH is 2. The number of esters is 1. The lowest BCUT2D eigenvalue weighted by Crippen LogP contribution is -2.46. The second-order valence-electron chi connectivity index (χ2n) is 17.2. The summed E-state index contributed by atoms with van der Waals surface area (Å²) in [4.78, 5) is 26.1. The smallest absolute Gasteiger partial charge is 0.306 e. The Morgan fingerprint density at radius 1 is 0.500 bits per heavy atom. The van der Waals surface area contributed by atoms with Crippen LogP contribution in [0.2, 0.25) is 0 Å². The maximum Gasteiger partial charge on any atom is 0.306 e. The van der Waals surface area contributed by atoms with Crippen molar-refractivity contribution in [3.8, 4) is 0 Å². The van der Waals surface area contributed by atoms with Crippen molar-refractivity contribution in [2.24, 2.45) is 0 Å². The average Bonchev–Trinajstić information content (AvgIpc) is 3.26. The molecule has 0 rings (SSSR count). The molecule has 6 heteroatoms. The lowest BCUT2D eigenvalue weighted by Gasteiger charge is -2.24. The highest BCUT2D eigenvalue weighted by atomic mass is 16.5. The zero-order chi connectivity index (χ0) is 45.2. The van der Waals surface area contributed by atoms with Crippen LogP contribution in [0.5, 0.6) is 0 Å². The fourth-order valence-electron chi connectivity index (χ4n) is 7.43. The maximum atomic E-state index is 13.2. The molecular formula is C56H97NO5. The van der Waals surface area contributed by atoms with E-state index in [1.54, 1.807) is 0 Å². The Balaban J connectivity index is 4.67. The first-order valence-corrected chi connectivity index (χ1v) is 25.8. The van der Waals surface area contributed by atoms with Crippen LogP contribution < -0.4 is 5.32 Å². The number of hydrogen-bond acceptors (Lipinski definition) is 5. The van der Waals surface area contributed by atoms with Gasteiger partial charge in [0.05, 0.1) is 25.2 Å². The van der Waals surface area contributed by atoms with E-state index in [0.717, 1.165) is 89.9 Å². The average molecular weight is 864 g/mol. The molecule has 0 spiro atoms. The minimum atomic E-state index is -0.808. The van der Waals surface area contributed by atoms with Crippen LogP contribution in [0.25, 0.3) is 0 Å². The normalized spacial score (nSPS) is 14.0. The molecule has 6 nitrogen and oxygen atoms in total. The standard InChI is InChI=1S/C56H97NO5/c1-4-7-10-13-16-19-22-25-28-31-34-37-40-43-46-49-56(61)62-52(47-44-41-38-35-32-29-26-23-20-17-14-11-8-5-2)50-55(60)57-53(51-58)54(59)48-45-42-39-36-33-30-27-24-21-18-15-12-9-6-3/h7-8,10-11,13,16-17,19-20,22,26,29,35,38,52-54,58-59H,4-6,9,12,14-15,18,21,23-25,27-28,30-34,36-37,39-51H2,1-3H3,(H,57,60)/b10-7+,11-8+,16-13+,20-17+,22-19+,29-26+,38-35+. The van der Waals surface area contributed by atoms with E-state index in [9.17, 15) is 19.8 Å². The number of allylic oxidation sites excluding steroid dienone is 14. The van der Waals surface area contributed by atoms with Gasteiger partial charge in [-0.2, -0.15) is 0 Å². The van der Waals surface area contributed by atoms with Gasteiger partial charge in [-0.1, -0.05) is 228 Å². The Morgan fingerprint density at radius 3 is 1.52 bits per heavy atom. The van der Waals surface area contributed by atoms with Crippen molar-refractivity contribution in [2.45, 2.75) is 251 Å². The van der Waals surface area contributed by atoms with Crippen molar-refractivity contribution < 1.29 is 24.5 Å². The third-order valence-electron chi connectivity index (χ3n) is 11.3. The van der Waals surface area contributed by atoms with Crippen molar-refractivity contribution in [2.75, 3.05) is 6.61 Å². The summed E-state index contributed by atoms with van der Waals surface area (Å²) in [6.45, 7) is 6.22. The fourth-order valence-corrected chi connectivity index (χ4v) is 7.43. The first-order valence-electron chi connectivity index (χ1n) is 25.8. The third-order valence-corrected chi connectivity index (χ3v) is 11.3. The summed E-state index contributed by atoms with van der Waals surface area (Å²) in [5.74, 6) is -0.546. The molecule has 62 heavy (non-hydrogen) atoms. The molecule has 0 aromatic heterocycles. The number of carbonyl (C=O) groups is 2. The van der Waals surface area contributed by atoms with Crippen molar-refractivity contribution in [3.05, 3.63) is 85.1 Å². The quantitative estimate of drug-likeness (QED) is 0.0245. The number of unbranched alkanes of at least 4 members (excludes halogenated alkanes) is 21. The van der Waals surface area contributed by atoms with Gasteiger partial charge in [0.1, 0.15) is 6.10 Å². The molecule has 0 saturated carbocycles. The summed E-state index contributed by atoms with van der Waals surface area (Å²) in [5.41, 5.74) is 0. The molecule has 356 valence electrons. The van der Waals surface area contributed by atoms with Gasteiger partial charge in [0.2, 0.25) is 5.91 Å². The molecule has 0 fully saturated rings. The Labute approximate surface area is 383 Å². The SMILES string of the molecule is CC/C=C/C=C/C=C/CCCCCCCCCC(=O)OC(CCC/C=C/C/C=C/C/C=C/C/C=C/CC)CC(=O)NC(CO)C(O)CCCCCCCCCCCCCCCC. The summed E-state index contributed by atoms with van der Waals surface area (Å²) < 4.78 is 5.90. The molecule has 0 saturated heterocycles. The molecule has 0 bridgehead atoms. The van der Waals surface area contributed by atoms with Crippen LogP contribution in [0.4, 0.5) is 0 Å². The van der Waals surface area contributed by atoms with E-state index >= 15 is 0 Å². The highest BCUT2D eigenvalue weighted by molar-refractivity contribution is 5.77. The van der Waals surface area contributed by atoms with E-state index in [1.165, 1.54) is 96.3 Å². The molecule has 0 aliphatic rings. The second-order valence-corrected chi connectivity index (χ2v) is 17.2. The third kappa shape index (κ3) is 43.7. The van der Waals surface area contributed by atoms with E-state index in [4.69, 9.17) is 4.74 Å². The van der Waals surface area contributed by atoms with Gasteiger partial charge >= 0.3 is 5.97 Å². The molecule has 3 N–H and O–H groups in total. The fraction of sp³-hybridized carbons (Fsp3) is 0.714. The lowest BCUT2D eigenvalue weighted by molar-refractivity contribution is -0.151. The van der Waals surface area contributed by atoms with Crippen LogP contribution in [0.15, 0.2) is 85.1 Å². The zero-order valence-electron chi connectivity index (χ0n) is 40.5. The molecule has 0 aliphatic heterocycles. The van der Waals surface area contributed by atoms with Crippen molar-refractivity contribution in [3.63, 3.8) is 0 Å². The number of rotatable bonds is 45. The highest BCUT2D eigenvalue weighted by Crippen LogP contribution is 2.17. The van der Waals surface area contributed by atoms with Crippen LogP contribution in [0.3, 0.4) is 0 Å². The number of hydrogen-bond donors (Lipinski definition) is 3. The van der Waals surface area contributed by atoms with Gasteiger partial charge in [-0.25, -0.2) is 0 Å². The highest BCUT2D eigenvalue weighted by Gasteiger charge is 2.24. The summed E-state index contributed by atoms with van der Waals surface area (Å²) in [5, 5.41) is 23.8. The molecule has 0 radical (unpaired) electrons. The summed E-state index contributed by atoms with van der Waals surface area (Å²) in [6.07, 6.45) is 63.6. The van der Waals surface area contributed by atoms with Crippen LogP contribution in [-0.2, 0) is 14.3 Å². The molecule has 0 heterocycles. The molecule has 0 aromatic rings. The second kappa shape index (κ2) is 49.1. The van der Waals surface area contributed by atoms with E-state index < -0.39 is 18.2 Å². The maximum absolute atomic E-state index is 13.2. The molecule has 3 atom stereocenters. The Morgan fingerprint density at radius 2 is 0.968 bits per heavy atom. The van der Waals surface area contributed by atoms with E-state index in [1.807, 2.05) is 0 Å². The molecule has 1 amide bonds. The van der Waals surface area contributed by atoms with Gasteiger partial charge in [0, 0.05) is 6.42 Å². The Kier molecular flexibility index (Phi) is 46.7. The minimum Gasteiger partial charge on any atom is -0.462 e. The predicted octanol–water partition coefficient (Wildman–Crippen LogP) is 15.6. The van der Waals surface area contributed by atoms with Crippen LogP contribution in [0, 0.1) is 0 Å². The Bertz CT molecular complexity index is 1200. The van der Waals surface area contributed by atoms with Gasteiger partial charge in [0.25, 0.3) is 0 Å². The van der Waals surface area contributed by atoms with Crippen LogP contribution >= 0.6 is 0 Å². The van der Waals surface area contributed by atoms with E-state index in [2.05, 4.69) is 111 Å². The number of carbonyl (C=O) groups excluding carboxylic acids is 2. The first-order chi connectivity index (χ1) is 30.5. The largest absolute Gasteiger partial charge is 0.462 e. The zero-order valence-corrected chi connectivity index (χ0v) is 40.5. The van der Waals surface area contributed by atoms with Gasteiger partial charge in [0.15, 0.2) is 0 Å². The van der Waals surface area contributed by atoms with E-state index in [0.29, 0.717) is 19.3 Å². The minimum absolute atomic E-state index is 0.0312. The molecule has 3 unspecified atom stereocenters. The van der Waals surface area contributed by atoms with Crippen LogP contribution in [-0.4, -0.2) is 46.9 Å². The van der Waals surface area contributed by atoms with Crippen molar-refractivity contribution in [1.82, 2.24) is 5.32 Å². The summed E-state index contributed by atoms with van der Waals surface area (Å²) in [7, 11) is 0. The van der Waals surface area contributed by atoms with Gasteiger partial charge in [-0.15, -0.1) is 0 Å². The molecule has 0 aliphatic carbocycles. The number of amides is 1. The van der Waals surface area contributed by atoms with E-state index in [-0.39, 0.29) is 24.9 Å². The molecule has 0 aromatic carbocycles. The number of aliphatic hydroxyl groups is 2. The number of ether oxygens (including phenoxy) is 1. The van der Waals surface area contributed by atoms with Gasteiger partial charge in [-0.05, 0) is 77.0 Å². The van der Waals surface area contributed by atoms with Crippen molar-refractivity contribution in [1.29, 1.82) is 0 Å². The van der Waals surface area contributed by atoms with Gasteiger partial charge < -0.3 is 20.3 Å². The number of nitrogens with one attached hydrogen (secondary N) is 1. The summed E-state index contributed by atoms with van der Waals surface area (Å²) in [6, 6.07) is -0.725. The lowest BCUT2D eigenvalue weighted by atomic mass is 10.0. The Hall–Kier alpha value is -2.96. The topological polar surface area (TPSA) is 95.9 Å². The van der Waals surface area contributed by atoms with Crippen molar-refractivity contribution >= 4 is 11.9 Å². The van der Waals surface area contributed by atoms with Crippen LogP contribution in [0.1, 0.15) is 233 Å².